The minimum atomic E-state index is -0.230. The van der Waals surface area contributed by atoms with E-state index in [1.165, 1.54) is 4.90 Å². The van der Waals surface area contributed by atoms with Crippen LogP contribution in [0.5, 0.6) is 0 Å². The minimum Gasteiger partial charge on any atom is -0.352 e. The second-order valence-electron chi connectivity index (χ2n) is 11.3. The third kappa shape index (κ3) is 6.56. The van der Waals surface area contributed by atoms with Crippen molar-refractivity contribution >= 4 is 29.3 Å². The summed E-state index contributed by atoms with van der Waals surface area (Å²) in [6.45, 7) is 8.61. The number of pyridine rings is 1. The van der Waals surface area contributed by atoms with Gasteiger partial charge in [0.1, 0.15) is 5.15 Å². The fourth-order valence-corrected chi connectivity index (χ4v) is 6.40. The number of nitrogens with one attached hydrogen (secondary N) is 2. The van der Waals surface area contributed by atoms with E-state index in [0.717, 1.165) is 43.5 Å². The van der Waals surface area contributed by atoms with Crippen LogP contribution in [0.2, 0.25) is 5.15 Å². The van der Waals surface area contributed by atoms with E-state index >= 15 is 0 Å². The third-order valence-electron chi connectivity index (χ3n) is 8.48. The summed E-state index contributed by atoms with van der Waals surface area (Å²) in [5, 5.41) is 7.22. The van der Waals surface area contributed by atoms with E-state index in [-0.39, 0.29) is 36.3 Å². The Hall–Kier alpha value is -3.59. The Balaban J connectivity index is 1.14. The Labute approximate surface area is 252 Å². The molecule has 0 saturated carbocycles. The van der Waals surface area contributed by atoms with Gasteiger partial charge in [-0.15, -0.1) is 0 Å². The highest BCUT2D eigenvalue weighted by atomic mass is 35.5. The lowest BCUT2D eigenvalue weighted by Gasteiger charge is -2.38. The van der Waals surface area contributed by atoms with Crippen LogP contribution >= 0.6 is 11.6 Å². The van der Waals surface area contributed by atoms with Crippen molar-refractivity contribution in [3.05, 3.63) is 99.3 Å². The molecule has 2 aliphatic heterocycles. The molecule has 2 aromatic carbocycles. The molecular formula is C33H38ClN5O3. The maximum atomic E-state index is 13.1. The SMILES string of the molecule is Cc1cc(Cl)nc(C)c1C(=O)NCCC(C)N1CCC(N[C@@H](CN2C(=O)c3ccccc3C2=O)c2ccccc2)CC1. The lowest BCUT2D eigenvalue weighted by Crippen LogP contribution is -2.49. The van der Waals surface area contributed by atoms with Gasteiger partial charge in [-0.2, -0.15) is 0 Å². The largest absolute Gasteiger partial charge is 0.352 e. The van der Waals surface area contributed by atoms with Gasteiger partial charge in [0.25, 0.3) is 17.7 Å². The zero-order chi connectivity index (χ0) is 29.8. The Bertz CT molecular complexity index is 1400. The number of rotatable bonds is 10. The molecule has 8 nitrogen and oxygen atoms in total. The van der Waals surface area contributed by atoms with E-state index < -0.39 is 0 Å². The number of likely N-dealkylation sites (tertiary alicyclic amines) is 1. The molecule has 0 radical (unpaired) electrons. The first kappa shape index (κ1) is 29.9. The molecule has 3 aromatic rings. The van der Waals surface area contributed by atoms with Crippen molar-refractivity contribution in [1.29, 1.82) is 0 Å². The van der Waals surface area contributed by atoms with Crippen LogP contribution in [-0.4, -0.2) is 70.8 Å². The van der Waals surface area contributed by atoms with Gasteiger partial charge >= 0.3 is 0 Å². The topological polar surface area (TPSA) is 94.6 Å². The summed E-state index contributed by atoms with van der Waals surface area (Å²) in [7, 11) is 0. The molecule has 0 spiro atoms. The van der Waals surface area contributed by atoms with E-state index in [0.29, 0.717) is 40.1 Å². The Morgan fingerprint density at radius 1 is 1.00 bits per heavy atom. The van der Waals surface area contributed by atoms with Crippen molar-refractivity contribution in [1.82, 2.24) is 25.4 Å². The molecule has 220 valence electrons. The number of aromatic nitrogens is 1. The number of piperidine rings is 1. The molecule has 1 saturated heterocycles. The normalized spacial score (nSPS) is 17.3. The quantitative estimate of drug-likeness (QED) is 0.257. The highest BCUT2D eigenvalue weighted by Gasteiger charge is 2.37. The number of hydrogen-bond acceptors (Lipinski definition) is 6. The van der Waals surface area contributed by atoms with Gasteiger partial charge in [-0.25, -0.2) is 4.98 Å². The minimum absolute atomic E-state index is 0.116. The zero-order valence-corrected chi connectivity index (χ0v) is 25.2. The van der Waals surface area contributed by atoms with Crippen molar-refractivity contribution in [3.8, 4) is 0 Å². The maximum Gasteiger partial charge on any atom is 0.261 e. The van der Waals surface area contributed by atoms with Crippen LogP contribution in [0.3, 0.4) is 0 Å². The predicted octanol–water partition coefficient (Wildman–Crippen LogP) is 4.95. The summed E-state index contributed by atoms with van der Waals surface area (Å²) in [5.74, 6) is -0.576. The van der Waals surface area contributed by atoms with Gasteiger partial charge in [0, 0.05) is 25.2 Å². The summed E-state index contributed by atoms with van der Waals surface area (Å²) >= 11 is 6.01. The highest BCUT2D eigenvalue weighted by molar-refractivity contribution is 6.29. The second kappa shape index (κ2) is 13.2. The molecule has 3 heterocycles. The standard InChI is InChI=1S/C33H38ClN5O3/c1-21-19-29(34)36-23(3)30(21)31(40)35-16-13-22(2)38-17-14-25(15-18-38)37-28(24-9-5-4-6-10-24)20-39-32(41)26-11-7-8-12-27(26)33(39)42/h4-12,19,22,25,28,37H,13-18,20H2,1-3H3,(H,35,40)/t22?,28-/m0/s1. The smallest absolute Gasteiger partial charge is 0.261 e. The summed E-state index contributed by atoms with van der Waals surface area (Å²) in [4.78, 5) is 47.0. The number of imide groups is 1. The molecular weight excluding hydrogens is 550 g/mol. The highest BCUT2D eigenvalue weighted by Crippen LogP contribution is 2.27. The van der Waals surface area contributed by atoms with E-state index in [1.807, 2.05) is 37.3 Å². The molecule has 0 bridgehead atoms. The van der Waals surface area contributed by atoms with Gasteiger partial charge < -0.3 is 15.5 Å². The number of hydrogen-bond donors (Lipinski definition) is 2. The third-order valence-corrected chi connectivity index (χ3v) is 8.67. The van der Waals surface area contributed by atoms with Gasteiger partial charge in [-0.1, -0.05) is 54.1 Å². The van der Waals surface area contributed by atoms with Gasteiger partial charge in [-0.05, 0) is 82.4 Å². The zero-order valence-electron chi connectivity index (χ0n) is 24.4. The van der Waals surface area contributed by atoms with Crippen LogP contribution in [0.1, 0.15) is 80.1 Å². The van der Waals surface area contributed by atoms with E-state index in [2.05, 4.69) is 27.4 Å². The molecule has 9 heteroatoms. The van der Waals surface area contributed by atoms with Crippen molar-refractivity contribution in [2.75, 3.05) is 26.2 Å². The molecule has 2 aliphatic rings. The molecule has 2 atom stereocenters. The first-order valence-electron chi connectivity index (χ1n) is 14.6. The van der Waals surface area contributed by atoms with Crippen LogP contribution in [0.4, 0.5) is 0 Å². The Kier molecular flexibility index (Phi) is 9.36. The summed E-state index contributed by atoms with van der Waals surface area (Å²) < 4.78 is 0. The maximum absolute atomic E-state index is 13.1. The number of carbonyl (C=O) groups excluding carboxylic acids is 3. The molecule has 2 N–H and O–H groups in total. The van der Waals surface area contributed by atoms with Crippen molar-refractivity contribution < 1.29 is 14.4 Å². The number of carbonyl (C=O) groups is 3. The summed E-state index contributed by atoms with van der Waals surface area (Å²) in [5.41, 5.74) is 4.06. The monoisotopic (exact) mass is 587 g/mol. The molecule has 0 aliphatic carbocycles. The number of aryl methyl sites for hydroxylation is 2. The Morgan fingerprint density at radius 2 is 1.62 bits per heavy atom. The number of nitrogens with zero attached hydrogens (tertiary/aromatic N) is 3. The molecule has 42 heavy (non-hydrogen) atoms. The first-order valence-corrected chi connectivity index (χ1v) is 15.0. The van der Waals surface area contributed by atoms with Gasteiger partial charge in [0.15, 0.2) is 0 Å². The van der Waals surface area contributed by atoms with Crippen LogP contribution in [0, 0.1) is 13.8 Å². The first-order chi connectivity index (χ1) is 20.2. The fourth-order valence-electron chi connectivity index (χ4n) is 6.11. The molecule has 1 fully saturated rings. The molecule has 1 aromatic heterocycles. The number of halogens is 1. The second-order valence-corrected chi connectivity index (χ2v) is 11.7. The number of amides is 3. The van der Waals surface area contributed by atoms with Crippen molar-refractivity contribution in [2.45, 2.75) is 58.2 Å². The van der Waals surface area contributed by atoms with Crippen LogP contribution < -0.4 is 10.6 Å². The van der Waals surface area contributed by atoms with Crippen LogP contribution in [0.15, 0.2) is 60.7 Å². The number of benzene rings is 2. The molecule has 3 amide bonds. The average molecular weight is 588 g/mol. The fraction of sp³-hybridized carbons (Fsp3) is 0.394. The lowest BCUT2D eigenvalue weighted by atomic mass is 9.99. The molecule has 5 rings (SSSR count). The van der Waals surface area contributed by atoms with Gasteiger partial charge in [0.2, 0.25) is 0 Å². The molecule has 1 unspecified atom stereocenters. The van der Waals surface area contributed by atoms with Crippen LogP contribution in [0.25, 0.3) is 0 Å². The Morgan fingerprint density at radius 3 is 2.24 bits per heavy atom. The number of fused-ring (bicyclic) bond motifs is 1. The van der Waals surface area contributed by atoms with Crippen molar-refractivity contribution in [2.24, 2.45) is 0 Å². The van der Waals surface area contributed by atoms with E-state index in [9.17, 15) is 14.4 Å². The van der Waals surface area contributed by atoms with Crippen LogP contribution in [-0.2, 0) is 0 Å². The van der Waals surface area contributed by atoms with E-state index in [1.54, 1.807) is 37.3 Å². The average Bonchev–Trinajstić information content (AvgIpc) is 3.22. The van der Waals surface area contributed by atoms with Gasteiger partial charge in [-0.3, -0.25) is 19.3 Å². The van der Waals surface area contributed by atoms with Crippen molar-refractivity contribution in [3.63, 3.8) is 0 Å². The summed E-state index contributed by atoms with van der Waals surface area (Å²) in [6, 6.07) is 19.2. The van der Waals surface area contributed by atoms with Gasteiger partial charge in [0.05, 0.1) is 28.4 Å². The predicted molar refractivity (Wildman–Crippen MR) is 164 cm³/mol. The lowest BCUT2D eigenvalue weighted by molar-refractivity contribution is 0.0629. The summed E-state index contributed by atoms with van der Waals surface area (Å²) in [6.07, 6.45) is 2.75. The van der Waals surface area contributed by atoms with E-state index in [4.69, 9.17) is 11.6 Å².